The minimum Gasteiger partial charge on any atom is -0.395 e. The van der Waals surface area contributed by atoms with Crippen LogP contribution in [0.4, 0.5) is 0 Å². The number of aryl methyl sites for hydroxylation is 1. The Hall–Kier alpha value is -2.48. The summed E-state index contributed by atoms with van der Waals surface area (Å²) in [5.41, 5.74) is 1.62. The predicted octanol–water partition coefficient (Wildman–Crippen LogP) is 2.02. The summed E-state index contributed by atoms with van der Waals surface area (Å²) in [6.45, 7) is 1.33. The molecular formula is C19H20N2O4S. The van der Waals surface area contributed by atoms with Crippen LogP contribution in [0.2, 0.25) is 0 Å². The molecule has 0 saturated carbocycles. The number of benzene rings is 2. The van der Waals surface area contributed by atoms with E-state index in [1.54, 1.807) is 24.3 Å². The predicted molar refractivity (Wildman–Crippen MR) is 100 cm³/mol. The molecule has 3 rings (SSSR count). The second-order valence-electron chi connectivity index (χ2n) is 6.09. The number of hydrogen-bond donors (Lipinski definition) is 2. The molecule has 0 saturated heterocycles. The van der Waals surface area contributed by atoms with Crippen molar-refractivity contribution in [1.82, 2.24) is 9.29 Å². The average molecular weight is 372 g/mol. The second-order valence-corrected chi connectivity index (χ2v) is 8.02. The number of aliphatic hydroxyl groups is 1. The van der Waals surface area contributed by atoms with Gasteiger partial charge in [-0.1, -0.05) is 35.9 Å². The number of aromatic nitrogens is 1. The zero-order valence-corrected chi connectivity index (χ0v) is 15.2. The molecule has 3 aromatic rings. The van der Waals surface area contributed by atoms with E-state index in [0.29, 0.717) is 11.1 Å². The van der Waals surface area contributed by atoms with Gasteiger partial charge in [-0.05, 0) is 36.6 Å². The van der Waals surface area contributed by atoms with Gasteiger partial charge in [0.1, 0.15) is 0 Å². The third-order valence-electron chi connectivity index (χ3n) is 4.19. The van der Waals surface area contributed by atoms with Gasteiger partial charge in [0, 0.05) is 24.2 Å². The number of H-pyrrole nitrogens is 1. The van der Waals surface area contributed by atoms with Crippen molar-refractivity contribution in [3.8, 4) is 0 Å². The number of fused-ring (bicyclic) bond motifs is 1. The van der Waals surface area contributed by atoms with E-state index in [0.717, 1.165) is 15.3 Å². The molecule has 26 heavy (non-hydrogen) atoms. The van der Waals surface area contributed by atoms with Crippen LogP contribution in [-0.2, 0) is 16.6 Å². The van der Waals surface area contributed by atoms with Gasteiger partial charge in [-0.2, -0.15) is 4.31 Å². The lowest BCUT2D eigenvalue weighted by Gasteiger charge is -2.21. The Kier molecular flexibility index (Phi) is 5.22. The molecule has 0 bridgehead atoms. The summed E-state index contributed by atoms with van der Waals surface area (Å²) < 4.78 is 27.0. The minimum atomic E-state index is -3.83. The Morgan fingerprint density at radius 1 is 1.08 bits per heavy atom. The van der Waals surface area contributed by atoms with Gasteiger partial charge in [-0.15, -0.1) is 0 Å². The molecule has 2 N–H and O–H groups in total. The maximum absolute atomic E-state index is 12.9. The number of para-hydroxylation sites is 1. The van der Waals surface area contributed by atoms with Gasteiger partial charge >= 0.3 is 0 Å². The van der Waals surface area contributed by atoms with E-state index in [9.17, 15) is 18.3 Å². The van der Waals surface area contributed by atoms with Crippen LogP contribution in [-0.4, -0.2) is 36.0 Å². The lowest BCUT2D eigenvalue weighted by Crippen LogP contribution is -2.35. The van der Waals surface area contributed by atoms with Crippen LogP contribution in [0.15, 0.2) is 64.3 Å². The van der Waals surface area contributed by atoms with Gasteiger partial charge in [-0.3, -0.25) is 4.79 Å². The summed E-state index contributed by atoms with van der Waals surface area (Å²) in [4.78, 5) is 15.2. The van der Waals surface area contributed by atoms with Gasteiger partial charge in [-0.25, -0.2) is 8.42 Å². The molecule has 0 fully saturated rings. The SMILES string of the molecule is Cc1ccc(S(=O)(=O)N(CCO)Cc2cc3ccccc3[nH]c2=O)cc1. The van der Waals surface area contributed by atoms with Crippen LogP contribution in [0.3, 0.4) is 0 Å². The Labute approximate surface area is 151 Å². The zero-order chi connectivity index (χ0) is 18.7. The number of nitrogens with one attached hydrogen (secondary N) is 1. The maximum Gasteiger partial charge on any atom is 0.252 e. The highest BCUT2D eigenvalue weighted by Crippen LogP contribution is 2.19. The number of aliphatic hydroxyl groups excluding tert-OH is 1. The highest BCUT2D eigenvalue weighted by atomic mass is 32.2. The third kappa shape index (κ3) is 3.70. The van der Waals surface area contributed by atoms with Gasteiger partial charge < -0.3 is 10.1 Å². The van der Waals surface area contributed by atoms with Crippen molar-refractivity contribution >= 4 is 20.9 Å². The van der Waals surface area contributed by atoms with Crippen LogP contribution in [0, 0.1) is 6.92 Å². The summed E-state index contributed by atoms with van der Waals surface area (Å²) >= 11 is 0. The average Bonchev–Trinajstić information content (AvgIpc) is 2.62. The van der Waals surface area contributed by atoms with Crippen LogP contribution >= 0.6 is 0 Å². The first-order chi connectivity index (χ1) is 12.4. The van der Waals surface area contributed by atoms with Gasteiger partial charge in [0.15, 0.2) is 0 Å². The first-order valence-corrected chi connectivity index (χ1v) is 9.64. The molecule has 0 aliphatic carbocycles. The van der Waals surface area contributed by atoms with Crippen molar-refractivity contribution in [1.29, 1.82) is 0 Å². The normalized spacial score (nSPS) is 12.0. The topological polar surface area (TPSA) is 90.5 Å². The fraction of sp³-hybridized carbons (Fsp3) is 0.211. The standard InChI is InChI=1S/C19H20N2O4S/c1-14-6-8-17(9-7-14)26(24,25)21(10-11-22)13-16-12-15-4-2-3-5-18(15)20-19(16)23/h2-9,12,22H,10-11,13H2,1H3,(H,20,23). The smallest absolute Gasteiger partial charge is 0.252 e. The van der Waals surface area contributed by atoms with Crippen LogP contribution in [0.1, 0.15) is 11.1 Å². The number of hydrogen-bond acceptors (Lipinski definition) is 4. The molecule has 0 radical (unpaired) electrons. The molecule has 0 aliphatic heterocycles. The van der Waals surface area contributed by atoms with Crippen LogP contribution < -0.4 is 5.56 Å². The van der Waals surface area contributed by atoms with E-state index >= 15 is 0 Å². The van der Waals surface area contributed by atoms with Gasteiger partial charge in [0.05, 0.1) is 11.5 Å². The van der Waals surface area contributed by atoms with E-state index in [2.05, 4.69) is 4.98 Å². The summed E-state index contributed by atoms with van der Waals surface area (Å²) in [6, 6.07) is 15.5. The molecule has 6 nitrogen and oxygen atoms in total. The number of pyridine rings is 1. The van der Waals surface area contributed by atoms with Crippen LogP contribution in [0.25, 0.3) is 10.9 Å². The van der Waals surface area contributed by atoms with Crippen molar-refractivity contribution in [2.45, 2.75) is 18.4 Å². The lowest BCUT2D eigenvalue weighted by molar-refractivity contribution is 0.251. The highest BCUT2D eigenvalue weighted by Gasteiger charge is 2.25. The summed E-state index contributed by atoms with van der Waals surface area (Å²) in [5, 5.41) is 10.1. The van der Waals surface area contributed by atoms with E-state index in [1.165, 1.54) is 12.1 Å². The van der Waals surface area contributed by atoms with Crippen molar-refractivity contribution in [2.75, 3.05) is 13.2 Å². The van der Waals surface area contributed by atoms with Gasteiger partial charge in [0.2, 0.25) is 10.0 Å². The molecule has 0 aliphatic rings. The van der Waals surface area contributed by atoms with E-state index < -0.39 is 10.0 Å². The van der Waals surface area contributed by atoms with Crippen molar-refractivity contribution in [2.24, 2.45) is 0 Å². The first kappa shape index (κ1) is 18.3. The Balaban J connectivity index is 2.00. The summed E-state index contributed by atoms with van der Waals surface area (Å²) in [7, 11) is -3.83. The van der Waals surface area contributed by atoms with Gasteiger partial charge in [0.25, 0.3) is 5.56 Å². The van der Waals surface area contributed by atoms with Crippen molar-refractivity contribution < 1.29 is 13.5 Å². The van der Waals surface area contributed by atoms with Crippen LogP contribution in [0.5, 0.6) is 0 Å². The van der Waals surface area contributed by atoms with E-state index in [1.807, 2.05) is 25.1 Å². The number of rotatable bonds is 6. The Bertz CT molecular complexity index is 1070. The number of nitrogens with zero attached hydrogens (tertiary/aromatic N) is 1. The molecule has 7 heteroatoms. The lowest BCUT2D eigenvalue weighted by atomic mass is 10.1. The fourth-order valence-electron chi connectivity index (χ4n) is 2.76. The molecule has 1 heterocycles. The minimum absolute atomic E-state index is 0.0948. The Morgan fingerprint density at radius 2 is 1.77 bits per heavy atom. The number of sulfonamides is 1. The zero-order valence-electron chi connectivity index (χ0n) is 14.3. The summed E-state index contributed by atoms with van der Waals surface area (Å²) in [5.74, 6) is 0. The molecule has 0 unspecified atom stereocenters. The van der Waals surface area contributed by atoms with Crippen molar-refractivity contribution in [3.05, 3.63) is 76.1 Å². The molecular weight excluding hydrogens is 352 g/mol. The molecule has 0 atom stereocenters. The third-order valence-corrected chi connectivity index (χ3v) is 6.04. The van der Waals surface area contributed by atoms with E-state index in [-0.39, 0.29) is 30.2 Å². The Morgan fingerprint density at radius 3 is 2.46 bits per heavy atom. The monoisotopic (exact) mass is 372 g/mol. The second kappa shape index (κ2) is 7.41. The fourth-order valence-corrected chi connectivity index (χ4v) is 4.16. The maximum atomic E-state index is 12.9. The molecule has 2 aromatic carbocycles. The molecule has 0 spiro atoms. The molecule has 1 aromatic heterocycles. The molecule has 0 amide bonds. The largest absolute Gasteiger partial charge is 0.395 e. The first-order valence-electron chi connectivity index (χ1n) is 8.20. The summed E-state index contributed by atoms with van der Waals surface area (Å²) in [6.07, 6.45) is 0. The quantitative estimate of drug-likeness (QED) is 0.693. The van der Waals surface area contributed by atoms with Crippen molar-refractivity contribution in [3.63, 3.8) is 0 Å². The molecule has 136 valence electrons. The number of aromatic amines is 1. The highest BCUT2D eigenvalue weighted by molar-refractivity contribution is 7.89. The van der Waals surface area contributed by atoms with E-state index in [4.69, 9.17) is 0 Å².